The van der Waals surface area contributed by atoms with Gasteiger partial charge < -0.3 is 0 Å². The molecule has 9 heteroatoms. The van der Waals surface area contributed by atoms with Crippen LogP contribution in [-0.2, 0) is 6.18 Å². The number of alkyl halides is 3. The van der Waals surface area contributed by atoms with E-state index < -0.39 is 16.8 Å². The summed E-state index contributed by atoms with van der Waals surface area (Å²) in [6, 6.07) is 12.2. The van der Waals surface area contributed by atoms with Crippen molar-refractivity contribution < 1.29 is 18.1 Å². The Kier molecular flexibility index (Phi) is 4.22. The molecule has 0 fully saturated rings. The first-order valence-electron chi connectivity index (χ1n) is 6.94. The second-order valence-electron chi connectivity index (χ2n) is 5.10. The first-order valence-corrected chi connectivity index (χ1v) is 7.31. The van der Waals surface area contributed by atoms with Gasteiger partial charge in [0.15, 0.2) is 5.69 Å². The summed E-state index contributed by atoms with van der Waals surface area (Å²) in [4.78, 5) is 10.1. The van der Waals surface area contributed by atoms with Crippen molar-refractivity contribution in [1.29, 1.82) is 0 Å². The molecule has 0 bridgehead atoms. The van der Waals surface area contributed by atoms with Crippen LogP contribution >= 0.6 is 11.6 Å². The van der Waals surface area contributed by atoms with E-state index in [4.69, 9.17) is 11.6 Å². The monoisotopic (exact) mass is 367 g/mol. The first kappa shape index (κ1) is 17.0. The fourth-order valence-corrected chi connectivity index (χ4v) is 2.38. The van der Waals surface area contributed by atoms with E-state index in [1.165, 1.54) is 48.5 Å². The van der Waals surface area contributed by atoms with E-state index in [2.05, 4.69) is 5.10 Å². The van der Waals surface area contributed by atoms with Crippen LogP contribution in [0.5, 0.6) is 0 Å². The van der Waals surface area contributed by atoms with Crippen molar-refractivity contribution in [2.45, 2.75) is 6.18 Å². The number of hydrogen-bond donors (Lipinski definition) is 0. The van der Waals surface area contributed by atoms with Crippen LogP contribution in [0.4, 0.5) is 18.9 Å². The number of halogens is 4. The highest BCUT2D eigenvalue weighted by Gasteiger charge is 2.35. The average Bonchev–Trinajstić information content (AvgIpc) is 3.01. The molecule has 0 N–H and O–H groups in total. The highest BCUT2D eigenvalue weighted by Crippen LogP contribution is 2.33. The zero-order chi connectivity index (χ0) is 18.2. The highest BCUT2D eigenvalue weighted by molar-refractivity contribution is 6.30. The molecule has 2 aromatic carbocycles. The van der Waals surface area contributed by atoms with Crippen molar-refractivity contribution in [3.8, 4) is 16.9 Å². The molecule has 0 aliphatic carbocycles. The summed E-state index contributed by atoms with van der Waals surface area (Å²) in [6.45, 7) is 0. The summed E-state index contributed by atoms with van der Waals surface area (Å²) in [5.74, 6) is 0. The second kappa shape index (κ2) is 6.21. The third-order valence-corrected chi connectivity index (χ3v) is 3.70. The third-order valence-electron chi connectivity index (χ3n) is 3.44. The van der Waals surface area contributed by atoms with E-state index in [0.717, 1.165) is 10.7 Å². The molecule has 128 valence electrons. The van der Waals surface area contributed by atoms with Gasteiger partial charge in [-0.25, -0.2) is 4.68 Å². The van der Waals surface area contributed by atoms with Crippen molar-refractivity contribution >= 4 is 17.3 Å². The maximum atomic E-state index is 13.1. The first-order chi connectivity index (χ1) is 11.8. The lowest BCUT2D eigenvalue weighted by molar-refractivity contribution is -0.384. The van der Waals surface area contributed by atoms with Gasteiger partial charge >= 0.3 is 6.18 Å². The lowest BCUT2D eigenvalue weighted by atomic mass is 10.1. The fraction of sp³-hybridized carbons (Fsp3) is 0.0625. The Morgan fingerprint density at radius 2 is 1.64 bits per heavy atom. The predicted molar refractivity (Wildman–Crippen MR) is 85.7 cm³/mol. The van der Waals surface area contributed by atoms with Crippen LogP contribution in [0.3, 0.4) is 0 Å². The van der Waals surface area contributed by atoms with Crippen LogP contribution < -0.4 is 0 Å². The van der Waals surface area contributed by atoms with Gasteiger partial charge in [-0.2, -0.15) is 18.3 Å². The summed E-state index contributed by atoms with van der Waals surface area (Å²) in [5, 5.41) is 14.8. The Morgan fingerprint density at radius 3 is 2.16 bits per heavy atom. The molecule has 0 amide bonds. The van der Waals surface area contributed by atoms with E-state index >= 15 is 0 Å². The molecule has 5 nitrogen and oxygen atoms in total. The summed E-state index contributed by atoms with van der Waals surface area (Å²) in [5.41, 5.74) is -0.311. The standard InChI is InChI=1S/C16H9ClF3N3O2/c17-11-3-7-12(8-4-11)22-14(9-15(21-22)16(18,19)20)10-1-5-13(6-2-10)23(24)25/h1-9H. The highest BCUT2D eigenvalue weighted by atomic mass is 35.5. The summed E-state index contributed by atoms with van der Waals surface area (Å²) in [6.07, 6.45) is -4.62. The number of rotatable bonds is 3. The second-order valence-corrected chi connectivity index (χ2v) is 5.54. The normalized spacial score (nSPS) is 11.5. The van der Waals surface area contributed by atoms with E-state index in [9.17, 15) is 23.3 Å². The summed E-state index contributed by atoms with van der Waals surface area (Å²) in [7, 11) is 0. The van der Waals surface area contributed by atoms with Gasteiger partial charge in [-0.3, -0.25) is 10.1 Å². The van der Waals surface area contributed by atoms with Crippen LogP contribution in [0.2, 0.25) is 5.02 Å². The van der Waals surface area contributed by atoms with Crippen LogP contribution in [-0.4, -0.2) is 14.7 Å². The Bertz CT molecular complexity index is 919. The van der Waals surface area contributed by atoms with Crippen molar-refractivity contribution in [2.24, 2.45) is 0 Å². The van der Waals surface area contributed by atoms with Gasteiger partial charge in [-0.15, -0.1) is 0 Å². The molecule has 25 heavy (non-hydrogen) atoms. The number of non-ortho nitro benzene ring substituents is 1. The number of nitro benzene ring substituents is 1. The molecule has 0 atom stereocenters. The maximum Gasteiger partial charge on any atom is 0.435 e. The number of nitro groups is 1. The molecular weight excluding hydrogens is 359 g/mol. The van der Waals surface area contributed by atoms with Gasteiger partial charge in [-0.05, 0) is 42.5 Å². The van der Waals surface area contributed by atoms with Crippen molar-refractivity contribution in [1.82, 2.24) is 9.78 Å². The number of benzene rings is 2. The quantitative estimate of drug-likeness (QED) is 0.477. The minimum atomic E-state index is -4.62. The molecule has 0 spiro atoms. The lowest BCUT2D eigenvalue weighted by Crippen LogP contribution is -2.07. The van der Waals surface area contributed by atoms with Gasteiger partial charge in [-0.1, -0.05) is 11.6 Å². The number of aromatic nitrogens is 2. The Hall–Kier alpha value is -2.87. The zero-order valence-electron chi connectivity index (χ0n) is 12.4. The van der Waals surface area contributed by atoms with E-state index in [1.54, 1.807) is 0 Å². The van der Waals surface area contributed by atoms with Crippen molar-refractivity contribution in [2.75, 3.05) is 0 Å². The van der Waals surface area contributed by atoms with Crippen LogP contribution in [0, 0.1) is 10.1 Å². The Balaban J connectivity index is 2.15. The SMILES string of the molecule is O=[N+]([O-])c1ccc(-c2cc(C(F)(F)F)nn2-c2ccc(Cl)cc2)cc1. The molecule has 3 rings (SSSR count). The van der Waals surface area contributed by atoms with Crippen molar-refractivity contribution in [3.63, 3.8) is 0 Å². The molecule has 1 heterocycles. The van der Waals surface area contributed by atoms with E-state index in [-0.39, 0.29) is 11.4 Å². The minimum Gasteiger partial charge on any atom is -0.258 e. The van der Waals surface area contributed by atoms with E-state index in [1.807, 2.05) is 0 Å². The predicted octanol–water partition coefficient (Wildman–Crippen LogP) is 5.12. The molecule has 3 aromatic rings. The molecule has 0 saturated carbocycles. The summed E-state index contributed by atoms with van der Waals surface area (Å²) < 4.78 is 40.3. The largest absolute Gasteiger partial charge is 0.435 e. The molecule has 0 radical (unpaired) electrons. The summed E-state index contributed by atoms with van der Waals surface area (Å²) >= 11 is 5.81. The van der Waals surface area contributed by atoms with Crippen LogP contribution in [0.25, 0.3) is 16.9 Å². The zero-order valence-corrected chi connectivity index (χ0v) is 13.1. The molecule has 1 aromatic heterocycles. The smallest absolute Gasteiger partial charge is 0.258 e. The van der Waals surface area contributed by atoms with Crippen LogP contribution in [0.15, 0.2) is 54.6 Å². The maximum absolute atomic E-state index is 13.1. The van der Waals surface area contributed by atoms with Gasteiger partial charge in [0.05, 0.1) is 16.3 Å². The average molecular weight is 368 g/mol. The van der Waals surface area contributed by atoms with Crippen molar-refractivity contribution in [3.05, 3.63) is 75.4 Å². The molecule has 0 unspecified atom stereocenters. The fourth-order valence-electron chi connectivity index (χ4n) is 2.26. The van der Waals surface area contributed by atoms with Gasteiger partial charge in [0, 0.05) is 22.7 Å². The number of hydrogen-bond acceptors (Lipinski definition) is 3. The van der Waals surface area contributed by atoms with Crippen LogP contribution in [0.1, 0.15) is 5.69 Å². The number of nitrogens with zero attached hydrogens (tertiary/aromatic N) is 3. The minimum absolute atomic E-state index is 0.155. The molecule has 0 aliphatic heterocycles. The van der Waals surface area contributed by atoms with Gasteiger partial charge in [0.1, 0.15) is 0 Å². The van der Waals surface area contributed by atoms with E-state index in [0.29, 0.717) is 16.3 Å². The molecule has 0 saturated heterocycles. The van der Waals surface area contributed by atoms with Gasteiger partial charge in [0.25, 0.3) is 5.69 Å². The Labute approximate surface area is 144 Å². The molecular formula is C16H9ClF3N3O2. The molecule has 0 aliphatic rings. The third kappa shape index (κ3) is 3.48. The lowest BCUT2D eigenvalue weighted by Gasteiger charge is -2.07. The van der Waals surface area contributed by atoms with Gasteiger partial charge in [0.2, 0.25) is 0 Å². The topological polar surface area (TPSA) is 61.0 Å². The Morgan fingerprint density at radius 1 is 1.04 bits per heavy atom.